The van der Waals surface area contributed by atoms with E-state index in [2.05, 4.69) is 10.7 Å². The van der Waals surface area contributed by atoms with Crippen LogP contribution in [0.3, 0.4) is 0 Å². The lowest BCUT2D eigenvalue weighted by Gasteiger charge is -2.12. The maximum Gasteiger partial charge on any atom is 0.270 e. The van der Waals surface area contributed by atoms with Crippen LogP contribution < -0.4 is 20.2 Å². The zero-order chi connectivity index (χ0) is 21.5. The van der Waals surface area contributed by atoms with E-state index in [0.29, 0.717) is 23.6 Å². The van der Waals surface area contributed by atoms with Gasteiger partial charge >= 0.3 is 0 Å². The summed E-state index contributed by atoms with van der Waals surface area (Å²) in [5.41, 5.74) is 5.89. The van der Waals surface area contributed by atoms with Gasteiger partial charge in [-0.25, -0.2) is 0 Å². The highest BCUT2D eigenvalue weighted by molar-refractivity contribution is 6.00. The van der Waals surface area contributed by atoms with E-state index in [1.54, 1.807) is 53.2 Å². The Morgan fingerprint density at radius 2 is 1.40 bits per heavy atom. The number of anilines is 1. The molecule has 0 aliphatic heterocycles. The van der Waals surface area contributed by atoms with Gasteiger partial charge in [-0.3, -0.25) is 19.7 Å². The number of benzene rings is 2. The molecular formula is C23H25N3O4. The number of carbonyl (C=O) groups excluding carboxylic acids is 2. The SMILES string of the molecule is CCOc1ccc(NC(=O)COc2ccc(C(=O)Nn3c(C)ccc3C)cc2)cc1. The van der Waals surface area contributed by atoms with E-state index >= 15 is 0 Å². The molecule has 1 heterocycles. The van der Waals surface area contributed by atoms with Crippen LogP contribution in [0.4, 0.5) is 5.69 Å². The predicted octanol–water partition coefficient (Wildman–Crippen LogP) is 3.91. The zero-order valence-corrected chi connectivity index (χ0v) is 17.3. The van der Waals surface area contributed by atoms with Gasteiger partial charge in [0.1, 0.15) is 11.5 Å². The van der Waals surface area contributed by atoms with Crippen molar-refractivity contribution in [3.05, 3.63) is 77.6 Å². The van der Waals surface area contributed by atoms with Crippen LogP contribution >= 0.6 is 0 Å². The Morgan fingerprint density at radius 3 is 2.00 bits per heavy atom. The molecule has 3 rings (SSSR count). The molecule has 7 heteroatoms. The largest absolute Gasteiger partial charge is 0.494 e. The number of nitrogens with zero attached hydrogens (tertiary/aromatic N) is 1. The number of hydrogen-bond acceptors (Lipinski definition) is 4. The monoisotopic (exact) mass is 407 g/mol. The van der Waals surface area contributed by atoms with Crippen molar-refractivity contribution >= 4 is 17.5 Å². The number of aromatic nitrogens is 1. The van der Waals surface area contributed by atoms with E-state index in [1.807, 2.05) is 32.9 Å². The van der Waals surface area contributed by atoms with Gasteiger partial charge in [0.2, 0.25) is 0 Å². The van der Waals surface area contributed by atoms with E-state index in [9.17, 15) is 9.59 Å². The molecule has 1 aromatic heterocycles. The van der Waals surface area contributed by atoms with Crippen molar-refractivity contribution in [2.75, 3.05) is 24.0 Å². The lowest BCUT2D eigenvalue weighted by atomic mass is 10.2. The number of hydrogen-bond donors (Lipinski definition) is 2. The Hall–Kier alpha value is -3.74. The molecule has 30 heavy (non-hydrogen) atoms. The topological polar surface area (TPSA) is 81.6 Å². The minimum atomic E-state index is -0.278. The maximum absolute atomic E-state index is 12.4. The smallest absolute Gasteiger partial charge is 0.270 e. The third-order valence-electron chi connectivity index (χ3n) is 4.42. The molecule has 0 aliphatic rings. The summed E-state index contributed by atoms with van der Waals surface area (Å²) in [6.07, 6.45) is 0. The van der Waals surface area contributed by atoms with Gasteiger partial charge in [-0.1, -0.05) is 0 Å². The number of rotatable bonds is 8. The molecule has 0 spiro atoms. The van der Waals surface area contributed by atoms with Gasteiger partial charge in [0.05, 0.1) is 6.61 Å². The standard InChI is InChI=1S/C23H25N3O4/c1-4-29-20-13-9-19(10-14-20)24-22(27)15-30-21-11-7-18(8-12-21)23(28)25-26-16(2)5-6-17(26)3/h5-14H,4,15H2,1-3H3,(H,24,27)(H,25,28). The average Bonchev–Trinajstić information content (AvgIpc) is 3.06. The number of nitrogens with one attached hydrogen (secondary N) is 2. The molecule has 156 valence electrons. The lowest BCUT2D eigenvalue weighted by molar-refractivity contribution is -0.118. The number of amides is 2. The fourth-order valence-electron chi connectivity index (χ4n) is 2.86. The minimum Gasteiger partial charge on any atom is -0.494 e. The minimum absolute atomic E-state index is 0.138. The summed E-state index contributed by atoms with van der Waals surface area (Å²) in [5.74, 6) is 0.747. The van der Waals surface area contributed by atoms with Gasteiger partial charge in [-0.2, -0.15) is 0 Å². The molecule has 0 fully saturated rings. The van der Waals surface area contributed by atoms with Crippen molar-refractivity contribution in [2.24, 2.45) is 0 Å². The fraction of sp³-hybridized carbons (Fsp3) is 0.217. The summed E-state index contributed by atoms with van der Waals surface area (Å²) in [7, 11) is 0. The highest BCUT2D eigenvalue weighted by Crippen LogP contribution is 2.16. The van der Waals surface area contributed by atoms with Crippen LogP contribution in [-0.4, -0.2) is 29.7 Å². The Balaban J connectivity index is 1.50. The van der Waals surface area contributed by atoms with E-state index < -0.39 is 0 Å². The first-order chi connectivity index (χ1) is 14.5. The van der Waals surface area contributed by atoms with Crippen molar-refractivity contribution in [3.8, 4) is 11.5 Å². The highest BCUT2D eigenvalue weighted by atomic mass is 16.5. The van der Waals surface area contributed by atoms with Crippen molar-refractivity contribution in [2.45, 2.75) is 20.8 Å². The highest BCUT2D eigenvalue weighted by Gasteiger charge is 2.10. The van der Waals surface area contributed by atoms with Crippen molar-refractivity contribution < 1.29 is 19.1 Å². The first-order valence-electron chi connectivity index (χ1n) is 9.68. The summed E-state index contributed by atoms with van der Waals surface area (Å²) in [5, 5.41) is 2.76. The molecule has 2 N–H and O–H groups in total. The second kappa shape index (κ2) is 9.65. The van der Waals surface area contributed by atoms with Crippen molar-refractivity contribution in [1.82, 2.24) is 4.68 Å². The van der Waals surface area contributed by atoms with Crippen LogP contribution in [0.2, 0.25) is 0 Å². The molecule has 7 nitrogen and oxygen atoms in total. The Morgan fingerprint density at radius 1 is 0.833 bits per heavy atom. The molecule has 0 atom stereocenters. The zero-order valence-electron chi connectivity index (χ0n) is 17.3. The van der Waals surface area contributed by atoms with Gasteiger partial charge in [0.15, 0.2) is 6.61 Å². The van der Waals surface area contributed by atoms with E-state index in [4.69, 9.17) is 9.47 Å². The van der Waals surface area contributed by atoms with Gasteiger partial charge in [0.25, 0.3) is 11.8 Å². The van der Waals surface area contributed by atoms with Crippen molar-refractivity contribution in [3.63, 3.8) is 0 Å². The van der Waals surface area contributed by atoms with Gasteiger partial charge in [-0.05, 0) is 81.4 Å². The molecule has 0 bridgehead atoms. The summed E-state index contributed by atoms with van der Waals surface area (Å²) >= 11 is 0. The summed E-state index contributed by atoms with van der Waals surface area (Å²) in [4.78, 5) is 24.5. The second-order valence-corrected chi connectivity index (χ2v) is 6.71. The molecule has 0 saturated heterocycles. The fourth-order valence-corrected chi connectivity index (χ4v) is 2.86. The molecule has 0 saturated carbocycles. The first kappa shape index (κ1) is 21.0. The van der Waals surface area contributed by atoms with Crippen LogP contribution in [0, 0.1) is 13.8 Å². The van der Waals surface area contributed by atoms with E-state index in [0.717, 1.165) is 17.1 Å². The molecule has 3 aromatic rings. The Kier molecular flexibility index (Phi) is 6.75. The molecule has 0 unspecified atom stereocenters. The number of ether oxygens (including phenoxy) is 2. The van der Waals surface area contributed by atoms with Gasteiger partial charge in [0, 0.05) is 22.6 Å². The van der Waals surface area contributed by atoms with Crippen LogP contribution in [0.5, 0.6) is 11.5 Å². The molecular weight excluding hydrogens is 382 g/mol. The molecule has 0 aliphatic carbocycles. The van der Waals surface area contributed by atoms with Crippen LogP contribution in [0.15, 0.2) is 60.7 Å². The molecule has 0 radical (unpaired) electrons. The van der Waals surface area contributed by atoms with Crippen LogP contribution in [0.25, 0.3) is 0 Å². The van der Waals surface area contributed by atoms with Gasteiger partial charge < -0.3 is 14.8 Å². The Labute approximate surface area is 175 Å². The summed E-state index contributed by atoms with van der Waals surface area (Å²) < 4.78 is 12.6. The second-order valence-electron chi connectivity index (χ2n) is 6.71. The van der Waals surface area contributed by atoms with Crippen molar-refractivity contribution in [1.29, 1.82) is 0 Å². The third kappa shape index (κ3) is 5.41. The van der Waals surface area contributed by atoms with E-state index in [1.165, 1.54) is 0 Å². The van der Waals surface area contributed by atoms with Crippen LogP contribution in [0.1, 0.15) is 28.7 Å². The summed E-state index contributed by atoms with van der Waals surface area (Å²) in [6.45, 7) is 6.20. The molecule has 2 amide bonds. The number of aryl methyl sites for hydroxylation is 2. The van der Waals surface area contributed by atoms with E-state index in [-0.39, 0.29) is 18.4 Å². The quantitative estimate of drug-likeness (QED) is 0.593. The normalized spacial score (nSPS) is 10.4. The maximum atomic E-state index is 12.4. The molecule has 2 aromatic carbocycles. The third-order valence-corrected chi connectivity index (χ3v) is 4.42. The van der Waals surface area contributed by atoms with Crippen LogP contribution in [-0.2, 0) is 4.79 Å². The van der Waals surface area contributed by atoms with Gasteiger partial charge in [-0.15, -0.1) is 0 Å². The lowest BCUT2D eigenvalue weighted by Crippen LogP contribution is -2.24. The number of carbonyl (C=O) groups is 2. The predicted molar refractivity (Wildman–Crippen MR) is 116 cm³/mol. The Bertz CT molecular complexity index is 988. The average molecular weight is 407 g/mol. The first-order valence-corrected chi connectivity index (χ1v) is 9.68. The summed E-state index contributed by atoms with van der Waals surface area (Å²) in [6, 6.07) is 17.6.